The van der Waals surface area contributed by atoms with Crippen LogP contribution in [0.2, 0.25) is 5.02 Å². The van der Waals surface area contributed by atoms with Crippen LogP contribution in [0.1, 0.15) is 44.7 Å². The highest BCUT2D eigenvalue weighted by Crippen LogP contribution is 2.38. The number of carbonyl (C=O) groups is 1. The van der Waals surface area contributed by atoms with Crippen molar-refractivity contribution in [1.82, 2.24) is 20.4 Å². The van der Waals surface area contributed by atoms with E-state index in [1.54, 1.807) is 18.1 Å². The molecule has 7 nitrogen and oxygen atoms in total. The maximum Gasteiger partial charge on any atom is 0.322 e. The molecule has 1 aliphatic heterocycles. The first-order valence-electron chi connectivity index (χ1n) is 10.9. The fourth-order valence-electron chi connectivity index (χ4n) is 3.86. The van der Waals surface area contributed by atoms with Crippen molar-refractivity contribution in [3.8, 4) is 17.1 Å². The van der Waals surface area contributed by atoms with Crippen LogP contribution < -0.4 is 10.1 Å². The van der Waals surface area contributed by atoms with Gasteiger partial charge in [0.05, 0.1) is 18.7 Å². The van der Waals surface area contributed by atoms with E-state index in [9.17, 15) is 4.79 Å². The van der Waals surface area contributed by atoms with Crippen molar-refractivity contribution < 1.29 is 14.1 Å². The Labute approximate surface area is 198 Å². The molecule has 1 N–H and O–H groups in total. The van der Waals surface area contributed by atoms with Crippen LogP contribution in [0.25, 0.3) is 17.0 Å². The Morgan fingerprint density at radius 1 is 1.21 bits per heavy atom. The summed E-state index contributed by atoms with van der Waals surface area (Å²) in [6, 6.07) is 14.3. The van der Waals surface area contributed by atoms with Gasteiger partial charge < -0.3 is 14.6 Å². The van der Waals surface area contributed by atoms with Crippen LogP contribution in [0.5, 0.6) is 5.75 Å². The van der Waals surface area contributed by atoms with Crippen LogP contribution in [0.4, 0.5) is 4.79 Å². The van der Waals surface area contributed by atoms with E-state index < -0.39 is 6.04 Å². The number of halogens is 1. The number of aromatic nitrogens is 2. The molecular weight excluding hydrogens is 440 g/mol. The molecule has 3 aromatic rings. The van der Waals surface area contributed by atoms with Gasteiger partial charge in [-0.15, -0.1) is 0 Å². The topological polar surface area (TPSA) is 80.5 Å². The predicted octanol–water partition coefficient (Wildman–Crippen LogP) is 5.94. The first kappa shape index (κ1) is 22.9. The minimum Gasteiger partial charge on any atom is -0.497 e. The van der Waals surface area contributed by atoms with Crippen molar-refractivity contribution in [1.29, 1.82) is 0 Å². The lowest BCUT2D eigenvalue weighted by atomic mass is 9.94. The normalized spacial score (nSPS) is 16.4. The molecule has 2 aromatic carbocycles. The van der Waals surface area contributed by atoms with Crippen LogP contribution >= 0.6 is 11.6 Å². The molecule has 0 fully saturated rings. The maximum absolute atomic E-state index is 13.0. The number of nitrogens with zero attached hydrogens (tertiary/aromatic N) is 3. The number of benzene rings is 2. The molecule has 33 heavy (non-hydrogen) atoms. The van der Waals surface area contributed by atoms with Gasteiger partial charge in [-0.05, 0) is 49.1 Å². The van der Waals surface area contributed by atoms with E-state index in [0.717, 1.165) is 28.8 Å². The van der Waals surface area contributed by atoms with Gasteiger partial charge in [-0.3, -0.25) is 4.90 Å². The van der Waals surface area contributed by atoms with E-state index in [4.69, 9.17) is 20.9 Å². The minimum absolute atomic E-state index is 0.158. The van der Waals surface area contributed by atoms with E-state index in [-0.39, 0.29) is 6.03 Å². The van der Waals surface area contributed by atoms with Crippen LogP contribution in [0, 0.1) is 5.92 Å². The van der Waals surface area contributed by atoms with E-state index in [1.165, 1.54) is 0 Å². The lowest BCUT2D eigenvalue weighted by Gasteiger charge is -2.35. The van der Waals surface area contributed by atoms with Gasteiger partial charge in [0.15, 0.2) is 0 Å². The monoisotopic (exact) mass is 466 g/mol. The number of carbonyl (C=O) groups excluding carboxylic acids is 1. The smallest absolute Gasteiger partial charge is 0.322 e. The zero-order chi connectivity index (χ0) is 23.5. The molecule has 1 atom stereocenters. The molecule has 0 spiro atoms. The highest BCUT2D eigenvalue weighted by atomic mass is 35.5. The second kappa shape index (κ2) is 9.67. The van der Waals surface area contributed by atoms with Gasteiger partial charge in [0.2, 0.25) is 5.82 Å². The number of nitrogens with one attached hydrogen (secondary N) is 1. The zero-order valence-corrected chi connectivity index (χ0v) is 19.9. The molecule has 2 heterocycles. The third kappa shape index (κ3) is 4.88. The van der Waals surface area contributed by atoms with Gasteiger partial charge in [0, 0.05) is 22.8 Å². The van der Waals surface area contributed by atoms with Crippen LogP contribution in [0.3, 0.4) is 0 Å². The number of methoxy groups -OCH3 is 1. The summed E-state index contributed by atoms with van der Waals surface area (Å²) in [7, 11) is 1.61. The average molecular weight is 467 g/mol. The standard InChI is InChI=1S/C25H27ClN4O3/c1-15(2)11-12-30-16(3)21(22(27-25(30)31)17-7-5-9-19(26)13-17)24-28-23(29-33-24)18-8-6-10-20(14-18)32-4/h5-10,13-15,22H,11-12H2,1-4H3,(H,27,31). The number of urea groups is 1. The van der Waals surface area contributed by atoms with Gasteiger partial charge in [-0.1, -0.05) is 54.9 Å². The molecule has 0 saturated carbocycles. The molecule has 0 aliphatic carbocycles. The molecule has 4 rings (SSSR count). The van der Waals surface area contributed by atoms with Gasteiger partial charge >= 0.3 is 6.03 Å². The van der Waals surface area contributed by atoms with Gasteiger partial charge in [-0.25, -0.2) is 4.79 Å². The number of rotatable bonds is 7. The highest BCUT2D eigenvalue weighted by Gasteiger charge is 2.35. The Morgan fingerprint density at radius 2 is 2.00 bits per heavy atom. The van der Waals surface area contributed by atoms with Crippen LogP contribution in [-0.2, 0) is 0 Å². The number of amides is 2. The maximum atomic E-state index is 13.0. The number of hydrogen-bond acceptors (Lipinski definition) is 5. The number of allylic oxidation sites excluding steroid dienone is 1. The second-order valence-electron chi connectivity index (χ2n) is 8.43. The fourth-order valence-corrected chi connectivity index (χ4v) is 4.06. The molecule has 1 aliphatic rings. The number of ether oxygens (including phenoxy) is 1. The Balaban J connectivity index is 1.79. The Morgan fingerprint density at radius 3 is 2.73 bits per heavy atom. The molecule has 0 bridgehead atoms. The summed E-state index contributed by atoms with van der Waals surface area (Å²) in [6.45, 7) is 6.78. The van der Waals surface area contributed by atoms with Crippen molar-refractivity contribution in [2.75, 3.05) is 13.7 Å². The summed E-state index contributed by atoms with van der Waals surface area (Å²) in [5.41, 5.74) is 3.15. The number of hydrogen-bond donors (Lipinski definition) is 1. The first-order chi connectivity index (χ1) is 15.9. The van der Waals surface area contributed by atoms with Crippen molar-refractivity contribution in [2.24, 2.45) is 5.92 Å². The second-order valence-corrected chi connectivity index (χ2v) is 8.86. The van der Waals surface area contributed by atoms with E-state index >= 15 is 0 Å². The summed E-state index contributed by atoms with van der Waals surface area (Å²) in [5, 5.41) is 7.89. The van der Waals surface area contributed by atoms with Crippen molar-refractivity contribution in [2.45, 2.75) is 33.2 Å². The summed E-state index contributed by atoms with van der Waals surface area (Å²) in [5.74, 6) is 1.96. The Bertz CT molecular complexity index is 1190. The molecule has 172 valence electrons. The summed E-state index contributed by atoms with van der Waals surface area (Å²) in [4.78, 5) is 19.4. The predicted molar refractivity (Wildman–Crippen MR) is 128 cm³/mol. The molecular formula is C25H27ClN4O3. The summed E-state index contributed by atoms with van der Waals surface area (Å²) in [6.07, 6.45) is 0.874. The lowest BCUT2D eigenvalue weighted by Crippen LogP contribution is -2.46. The molecule has 1 unspecified atom stereocenters. The summed E-state index contributed by atoms with van der Waals surface area (Å²) >= 11 is 6.25. The van der Waals surface area contributed by atoms with Gasteiger partial charge in [-0.2, -0.15) is 4.98 Å². The Kier molecular flexibility index (Phi) is 6.70. The van der Waals surface area contributed by atoms with Crippen molar-refractivity contribution in [3.63, 3.8) is 0 Å². The quantitative estimate of drug-likeness (QED) is 0.466. The van der Waals surface area contributed by atoms with Gasteiger partial charge in [0.1, 0.15) is 5.75 Å². The van der Waals surface area contributed by atoms with E-state index in [0.29, 0.717) is 34.9 Å². The van der Waals surface area contributed by atoms with E-state index in [2.05, 4.69) is 29.3 Å². The van der Waals surface area contributed by atoms with E-state index in [1.807, 2.05) is 49.4 Å². The lowest BCUT2D eigenvalue weighted by molar-refractivity contribution is 0.202. The average Bonchev–Trinajstić information content (AvgIpc) is 3.28. The third-order valence-corrected chi connectivity index (χ3v) is 5.93. The largest absolute Gasteiger partial charge is 0.497 e. The Hall–Kier alpha value is -3.32. The molecule has 0 radical (unpaired) electrons. The SMILES string of the molecule is COc1cccc(-c2noc(C3=C(C)N(CCC(C)C)C(=O)NC3c3cccc(Cl)c3)n2)c1. The summed E-state index contributed by atoms with van der Waals surface area (Å²) < 4.78 is 11.0. The van der Waals surface area contributed by atoms with Crippen molar-refractivity contribution >= 4 is 23.2 Å². The molecule has 0 saturated heterocycles. The highest BCUT2D eigenvalue weighted by molar-refractivity contribution is 6.30. The van der Waals surface area contributed by atoms with Crippen molar-refractivity contribution in [3.05, 3.63) is 70.7 Å². The zero-order valence-electron chi connectivity index (χ0n) is 19.1. The van der Waals surface area contributed by atoms with Crippen LogP contribution in [0.15, 0.2) is 58.8 Å². The first-order valence-corrected chi connectivity index (χ1v) is 11.3. The van der Waals surface area contributed by atoms with Gasteiger partial charge in [0.25, 0.3) is 5.89 Å². The molecule has 8 heteroatoms. The molecule has 1 aromatic heterocycles. The molecule has 2 amide bonds. The minimum atomic E-state index is -0.467. The fraction of sp³-hybridized carbons (Fsp3) is 0.320. The third-order valence-electron chi connectivity index (χ3n) is 5.69. The van der Waals surface area contributed by atoms with Crippen LogP contribution in [-0.4, -0.2) is 34.7 Å².